The predicted molar refractivity (Wildman–Crippen MR) is 81.2 cm³/mol. The Morgan fingerprint density at radius 2 is 2.05 bits per heavy atom. The largest absolute Gasteiger partial charge is 0.338 e. The van der Waals surface area contributed by atoms with E-state index in [4.69, 9.17) is 4.52 Å². The van der Waals surface area contributed by atoms with Gasteiger partial charge in [0.15, 0.2) is 5.82 Å². The Morgan fingerprint density at radius 1 is 1.27 bits per heavy atom. The van der Waals surface area contributed by atoms with Crippen LogP contribution in [0.1, 0.15) is 31.3 Å². The predicted octanol–water partition coefficient (Wildman–Crippen LogP) is 1.62. The van der Waals surface area contributed by atoms with Crippen LogP contribution in [0.15, 0.2) is 28.9 Å². The van der Waals surface area contributed by atoms with Gasteiger partial charge in [0.05, 0.1) is 25.0 Å². The molecule has 2 heterocycles. The van der Waals surface area contributed by atoms with E-state index in [1.807, 2.05) is 6.07 Å². The lowest BCUT2D eigenvalue weighted by molar-refractivity contribution is 0.309. The van der Waals surface area contributed by atoms with Crippen LogP contribution in [-0.2, 0) is 29.5 Å². The van der Waals surface area contributed by atoms with E-state index < -0.39 is 10.0 Å². The molecular weight excluding hydrogens is 304 g/mol. The topological polar surface area (TPSA) is 89.2 Å². The Kier molecular flexibility index (Phi) is 5.25. The molecule has 0 saturated carbocycles. The van der Waals surface area contributed by atoms with Crippen LogP contribution in [0, 0.1) is 5.92 Å². The van der Waals surface area contributed by atoms with E-state index in [0.29, 0.717) is 23.9 Å². The number of pyridine rings is 1. The Bertz CT molecular complexity index is 698. The molecule has 0 atom stereocenters. The maximum absolute atomic E-state index is 11.9. The van der Waals surface area contributed by atoms with E-state index >= 15 is 0 Å². The highest BCUT2D eigenvalue weighted by atomic mass is 32.2. The average Bonchev–Trinajstić information content (AvgIpc) is 2.84. The molecule has 0 bridgehead atoms. The fourth-order valence-electron chi connectivity index (χ4n) is 1.92. The molecule has 2 aromatic heterocycles. The van der Waals surface area contributed by atoms with Crippen molar-refractivity contribution in [3.8, 4) is 0 Å². The fraction of sp³-hybridized carbons (Fsp3) is 0.500. The minimum atomic E-state index is -3.41. The molecule has 0 saturated heterocycles. The molecule has 0 aliphatic rings. The minimum absolute atomic E-state index is 0.0422. The summed E-state index contributed by atoms with van der Waals surface area (Å²) in [6, 6.07) is 5.37. The lowest BCUT2D eigenvalue weighted by Gasteiger charge is -2.17. The second-order valence-electron chi connectivity index (χ2n) is 5.55. The summed E-state index contributed by atoms with van der Waals surface area (Å²) in [7, 11) is -3.41. The molecular formula is C14H20N4O3S. The van der Waals surface area contributed by atoms with Crippen LogP contribution in [0.4, 0.5) is 0 Å². The van der Waals surface area contributed by atoms with Gasteiger partial charge in [-0.05, 0) is 18.1 Å². The van der Waals surface area contributed by atoms with Gasteiger partial charge in [-0.2, -0.15) is 9.29 Å². The Morgan fingerprint density at radius 3 is 2.64 bits per heavy atom. The number of sulfonamides is 1. The van der Waals surface area contributed by atoms with E-state index in [1.165, 1.54) is 4.31 Å². The third-order valence-corrected chi connectivity index (χ3v) is 4.14. The standard InChI is InChI=1S/C14H20N4O3S/c1-11(2)8-13-16-14(21-17-13)10-18(22(3,19)20)9-12-6-4-5-7-15-12/h4-7,11H,8-10H2,1-3H3. The van der Waals surface area contributed by atoms with Gasteiger partial charge in [-0.25, -0.2) is 8.42 Å². The normalized spacial score (nSPS) is 12.2. The van der Waals surface area contributed by atoms with E-state index in [-0.39, 0.29) is 19.0 Å². The van der Waals surface area contributed by atoms with Crippen LogP contribution in [0.5, 0.6) is 0 Å². The van der Waals surface area contributed by atoms with Crippen molar-refractivity contribution in [2.45, 2.75) is 33.4 Å². The molecule has 7 nitrogen and oxygen atoms in total. The van der Waals surface area contributed by atoms with Gasteiger partial charge in [-0.15, -0.1) is 0 Å². The molecule has 0 radical (unpaired) electrons. The summed E-state index contributed by atoms with van der Waals surface area (Å²) in [5, 5.41) is 3.88. The van der Waals surface area contributed by atoms with E-state index in [1.54, 1.807) is 18.3 Å². The minimum Gasteiger partial charge on any atom is -0.338 e. The van der Waals surface area contributed by atoms with Crippen molar-refractivity contribution in [3.05, 3.63) is 41.8 Å². The van der Waals surface area contributed by atoms with Crippen molar-refractivity contribution in [3.63, 3.8) is 0 Å². The molecule has 0 amide bonds. The lowest BCUT2D eigenvalue weighted by atomic mass is 10.1. The number of aromatic nitrogens is 3. The van der Waals surface area contributed by atoms with Crippen LogP contribution >= 0.6 is 0 Å². The third kappa shape index (κ3) is 4.88. The van der Waals surface area contributed by atoms with E-state index in [2.05, 4.69) is 29.0 Å². The molecule has 0 aromatic carbocycles. The second-order valence-corrected chi connectivity index (χ2v) is 7.54. The number of nitrogens with zero attached hydrogens (tertiary/aromatic N) is 4. The molecule has 22 heavy (non-hydrogen) atoms. The highest BCUT2D eigenvalue weighted by molar-refractivity contribution is 7.88. The summed E-state index contributed by atoms with van der Waals surface area (Å²) in [6.45, 7) is 4.32. The molecule has 0 fully saturated rings. The smallest absolute Gasteiger partial charge is 0.241 e. The van der Waals surface area contributed by atoms with Gasteiger partial charge >= 0.3 is 0 Å². The van der Waals surface area contributed by atoms with Crippen LogP contribution < -0.4 is 0 Å². The Hall–Kier alpha value is -1.80. The molecule has 0 spiro atoms. The fourth-order valence-corrected chi connectivity index (χ4v) is 2.63. The molecule has 8 heteroatoms. The number of hydrogen-bond acceptors (Lipinski definition) is 6. The van der Waals surface area contributed by atoms with Gasteiger partial charge in [-0.3, -0.25) is 4.98 Å². The van der Waals surface area contributed by atoms with Crippen LogP contribution in [-0.4, -0.2) is 34.1 Å². The first-order valence-electron chi connectivity index (χ1n) is 7.01. The van der Waals surface area contributed by atoms with Crippen molar-refractivity contribution in [2.24, 2.45) is 5.92 Å². The monoisotopic (exact) mass is 324 g/mol. The molecule has 0 unspecified atom stereocenters. The zero-order chi connectivity index (χ0) is 16.2. The average molecular weight is 324 g/mol. The SMILES string of the molecule is CC(C)Cc1noc(CN(Cc2ccccn2)S(C)(=O)=O)n1. The van der Waals surface area contributed by atoms with E-state index in [9.17, 15) is 8.42 Å². The van der Waals surface area contributed by atoms with Gasteiger partial charge in [0, 0.05) is 12.6 Å². The van der Waals surface area contributed by atoms with Crippen LogP contribution in [0.25, 0.3) is 0 Å². The molecule has 0 aliphatic heterocycles. The quantitative estimate of drug-likeness (QED) is 0.769. The van der Waals surface area contributed by atoms with Gasteiger partial charge in [0.2, 0.25) is 15.9 Å². The summed E-state index contributed by atoms with van der Waals surface area (Å²) < 4.78 is 30.3. The zero-order valence-electron chi connectivity index (χ0n) is 12.9. The van der Waals surface area contributed by atoms with Crippen LogP contribution in [0.3, 0.4) is 0 Å². The van der Waals surface area contributed by atoms with Crippen molar-refractivity contribution < 1.29 is 12.9 Å². The van der Waals surface area contributed by atoms with E-state index in [0.717, 1.165) is 6.26 Å². The molecule has 2 aromatic rings. The van der Waals surface area contributed by atoms with Crippen molar-refractivity contribution in [1.29, 1.82) is 0 Å². The molecule has 0 aliphatic carbocycles. The summed E-state index contributed by atoms with van der Waals surface area (Å²) in [6.07, 6.45) is 3.48. The van der Waals surface area contributed by atoms with Gasteiger partial charge in [0.25, 0.3) is 0 Å². The first-order chi connectivity index (χ1) is 10.3. The van der Waals surface area contributed by atoms with Gasteiger partial charge in [0.1, 0.15) is 0 Å². The highest BCUT2D eigenvalue weighted by Gasteiger charge is 2.21. The summed E-state index contributed by atoms with van der Waals surface area (Å²) in [5.41, 5.74) is 0.662. The second kappa shape index (κ2) is 6.97. The van der Waals surface area contributed by atoms with Crippen molar-refractivity contribution in [2.75, 3.05) is 6.26 Å². The highest BCUT2D eigenvalue weighted by Crippen LogP contribution is 2.12. The summed E-state index contributed by atoms with van der Waals surface area (Å²) in [4.78, 5) is 8.39. The summed E-state index contributed by atoms with van der Waals surface area (Å²) >= 11 is 0. The molecule has 120 valence electrons. The first kappa shape index (κ1) is 16.6. The molecule has 2 rings (SSSR count). The first-order valence-corrected chi connectivity index (χ1v) is 8.86. The maximum atomic E-state index is 11.9. The lowest BCUT2D eigenvalue weighted by Crippen LogP contribution is -2.29. The van der Waals surface area contributed by atoms with Crippen molar-refractivity contribution >= 4 is 10.0 Å². The van der Waals surface area contributed by atoms with Crippen molar-refractivity contribution in [1.82, 2.24) is 19.4 Å². The van der Waals surface area contributed by atoms with Crippen LogP contribution in [0.2, 0.25) is 0 Å². The Balaban J connectivity index is 2.12. The number of rotatable bonds is 7. The summed E-state index contributed by atoms with van der Waals surface area (Å²) in [5.74, 6) is 1.29. The Labute approximate surface area is 130 Å². The number of hydrogen-bond donors (Lipinski definition) is 0. The van der Waals surface area contributed by atoms with Gasteiger partial charge < -0.3 is 4.52 Å². The third-order valence-electron chi connectivity index (χ3n) is 2.95. The molecule has 0 N–H and O–H groups in total. The van der Waals surface area contributed by atoms with Gasteiger partial charge in [-0.1, -0.05) is 25.1 Å². The zero-order valence-corrected chi connectivity index (χ0v) is 13.7. The maximum Gasteiger partial charge on any atom is 0.241 e.